The summed E-state index contributed by atoms with van der Waals surface area (Å²) in [6, 6.07) is 6.05. The number of hydrogen-bond acceptors (Lipinski definition) is 2. The molecule has 1 aromatic heterocycles. The summed E-state index contributed by atoms with van der Waals surface area (Å²) in [4.78, 5) is 28.3. The zero-order valence-corrected chi connectivity index (χ0v) is 13.1. The number of likely N-dealkylation sites (tertiary alicyclic amines) is 1. The lowest BCUT2D eigenvalue weighted by Gasteiger charge is -2.31. The van der Waals surface area contributed by atoms with Crippen molar-refractivity contribution in [2.45, 2.75) is 19.8 Å². The topological polar surface area (TPSA) is 65.2 Å². The van der Waals surface area contributed by atoms with Crippen LogP contribution < -0.4 is 5.32 Å². The largest absolute Gasteiger partial charge is 0.351 e. The molecule has 0 atom stereocenters. The minimum Gasteiger partial charge on any atom is -0.351 e. The van der Waals surface area contributed by atoms with Crippen LogP contribution in [0.2, 0.25) is 0 Å². The zero-order valence-electron chi connectivity index (χ0n) is 13.1. The molecule has 0 radical (unpaired) electrons. The summed E-state index contributed by atoms with van der Waals surface area (Å²) < 4.78 is 13.2. The highest BCUT2D eigenvalue weighted by molar-refractivity contribution is 5.98. The molecular formula is C17H20FN3O2. The van der Waals surface area contributed by atoms with Gasteiger partial charge in [-0.05, 0) is 43.0 Å². The molecule has 122 valence electrons. The number of nitrogens with one attached hydrogen (secondary N) is 2. The van der Waals surface area contributed by atoms with E-state index in [9.17, 15) is 14.0 Å². The normalized spacial score (nSPS) is 15.8. The van der Waals surface area contributed by atoms with Crippen LogP contribution >= 0.6 is 0 Å². The quantitative estimate of drug-likeness (QED) is 0.912. The smallest absolute Gasteiger partial charge is 0.267 e. The van der Waals surface area contributed by atoms with Crippen LogP contribution in [0.5, 0.6) is 0 Å². The Hall–Kier alpha value is -2.37. The van der Waals surface area contributed by atoms with Crippen molar-refractivity contribution in [1.29, 1.82) is 0 Å². The molecule has 0 saturated carbocycles. The Morgan fingerprint density at radius 1 is 1.30 bits per heavy atom. The fourth-order valence-electron chi connectivity index (χ4n) is 3.01. The maximum atomic E-state index is 13.2. The Balaban J connectivity index is 1.56. The summed E-state index contributed by atoms with van der Waals surface area (Å²) in [5, 5.41) is 3.61. The SMILES string of the molecule is CC(=O)N1CCC(CNC(=O)c2cc3cc(F)ccc3[nH]2)CC1. The van der Waals surface area contributed by atoms with Crippen molar-refractivity contribution < 1.29 is 14.0 Å². The van der Waals surface area contributed by atoms with Gasteiger partial charge in [-0.2, -0.15) is 0 Å². The molecule has 23 heavy (non-hydrogen) atoms. The zero-order chi connectivity index (χ0) is 16.4. The summed E-state index contributed by atoms with van der Waals surface area (Å²) in [6.45, 7) is 3.68. The predicted molar refractivity (Wildman–Crippen MR) is 85.6 cm³/mol. The molecule has 0 spiro atoms. The molecule has 0 bridgehead atoms. The van der Waals surface area contributed by atoms with Gasteiger partial charge in [0.15, 0.2) is 0 Å². The molecule has 1 aliphatic heterocycles. The third-order valence-electron chi connectivity index (χ3n) is 4.44. The number of benzene rings is 1. The van der Waals surface area contributed by atoms with Crippen LogP contribution in [0.15, 0.2) is 24.3 Å². The van der Waals surface area contributed by atoms with E-state index in [1.165, 1.54) is 12.1 Å². The monoisotopic (exact) mass is 317 g/mol. The molecule has 6 heteroatoms. The van der Waals surface area contributed by atoms with Crippen molar-refractivity contribution in [2.75, 3.05) is 19.6 Å². The van der Waals surface area contributed by atoms with Gasteiger partial charge in [-0.25, -0.2) is 4.39 Å². The van der Waals surface area contributed by atoms with E-state index >= 15 is 0 Å². The molecule has 2 aromatic rings. The lowest BCUT2D eigenvalue weighted by atomic mass is 9.97. The summed E-state index contributed by atoms with van der Waals surface area (Å²) in [6.07, 6.45) is 1.80. The molecule has 1 aromatic carbocycles. The van der Waals surface area contributed by atoms with Gasteiger partial charge in [0.2, 0.25) is 5.91 Å². The van der Waals surface area contributed by atoms with Crippen molar-refractivity contribution in [1.82, 2.24) is 15.2 Å². The van der Waals surface area contributed by atoms with Crippen LogP contribution in [0.1, 0.15) is 30.3 Å². The summed E-state index contributed by atoms with van der Waals surface area (Å²) in [5.74, 6) is -0.00883. The van der Waals surface area contributed by atoms with E-state index in [1.54, 1.807) is 19.1 Å². The van der Waals surface area contributed by atoms with Crippen molar-refractivity contribution in [2.24, 2.45) is 5.92 Å². The highest BCUT2D eigenvalue weighted by atomic mass is 19.1. The molecular weight excluding hydrogens is 297 g/mol. The number of aromatic nitrogens is 1. The maximum Gasteiger partial charge on any atom is 0.267 e. The Labute approximate surface area is 133 Å². The fourth-order valence-corrected chi connectivity index (χ4v) is 3.01. The summed E-state index contributed by atoms with van der Waals surface area (Å²) in [5.41, 5.74) is 1.18. The second kappa shape index (κ2) is 6.40. The molecule has 1 saturated heterocycles. The minimum atomic E-state index is -0.319. The van der Waals surface area contributed by atoms with Gasteiger partial charge in [0, 0.05) is 37.5 Å². The molecule has 1 fully saturated rings. The van der Waals surface area contributed by atoms with Gasteiger partial charge in [0.05, 0.1) is 0 Å². The average Bonchev–Trinajstić information content (AvgIpc) is 2.96. The Bertz CT molecular complexity index is 733. The third-order valence-corrected chi connectivity index (χ3v) is 4.44. The molecule has 0 aliphatic carbocycles. The number of aromatic amines is 1. The van der Waals surface area contributed by atoms with Crippen molar-refractivity contribution in [3.8, 4) is 0 Å². The van der Waals surface area contributed by atoms with Crippen molar-refractivity contribution >= 4 is 22.7 Å². The fraction of sp³-hybridized carbons (Fsp3) is 0.412. The third kappa shape index (κ3) is 3.52. The number of nitrogens with zero attached hydrogens (tertiary/aromatic N) is 1. The van der Waals surface area contributed by atoms with Crippen LogP contribution in [0, 0.1) is 11.7 Å². The van der Waals surface area contributed by atoms with Crippen LogP contribution in [0.4, 0.5) is 4.39 Å². The van der Waals surface area contributed by atoms with E-state index in [0.29, 0.717) is 23.5 Å². The number of piperidine rings is 1. The molecule has 5 nitrogen and oxygen atoms in total. The van der Waals surface area contributed by atoms with E-state index in [0.717, 1.165) is 31.4 Å². The summed E-state index contributed by atoms with van der Waals surface area (Å²) >= 11 is 0. The molecule has 1 aliphatic rings. The number of carbonyl (C=O) groups is 2. The van der Waals surface area contributed by atoms with Crippen molar-refractivity contribution in [3.63, 3.8) is 0 Å². The first-order chi connectivity index (χ1) is 11.0. The molecule has 0 unspecified atom stereocenters. The van der Waals surface area contributed by atoms with Gasteiger partial charge in [-0.15, -0.1) is 0 Å². The highest BCUT2D eigenvalue weighted by Crippen LogP contribution is 2.18. The summed E-state index contributed by atoms with van der Waals surface area (Å²) in [7, 11) is 0. The van der Waals surface area contributed by atoms with E-state index in [4.69, 9.17) is 0 Å². The van der Waals surface area contributed by atoms with Gasteiger partial charge in [0.1, 0.15) is 11.5 Å². The highest BCUT2D eigenvalue weighted by Gasteiger charge is 2.21. The molecule has 2 heterocycles. The van der Waals surface area contributed by atoms with E-state index in [1.807, 2.05) is 4.90 Å². The number of fused-ring (bicyclic) bond motifs is 1. The minimum absolute atomic E-state index is 0.109. The van der Waals surface area contributed by atoms with E-state index in [-0.39, 0.29) is 17.6 Å². The standard InChI is InChI=1S/C17H20FN3O2/c1-11(22)21-6-4-12(5-7-21)10-19-17(23)16-9-13-8-14(18)2-3-15(13)20-16/h2-3,8-9,12,20H,4-7,10H2,1H3,(H,19,23). The van der Waals surface area contributed by atoms with Crippen LogP contribution in [0.25, 0.3) is 10.9 Å². The second-order valence-corrected chi connectivity index (χ2v) is 6.07. The molecule has 2 amide bonds. The number of halogens is 1. The first kappa shape index (κ1) is 15.5. The van der Waals surface area contributed by atoms with Crippen LogP contribution in [-0.4, -0.2) is 41.3 Å². The van der Waals surface area contributed by atoms with E-state index in [2.05, 4.69) is 10.3 Å². The van der Waals surface area contributed by atoms with Crippen LogP contribution in [-0.2, 0) is 4.79 Å². The average molecular weight is 317 g/mol. The number of carbonyl (C=O) groups excluding carboxylic acids is 2. The van der Waals surface area contributed by atoms with Crippen LogP contribution in [0.3, 0.4) is 0 Å². The Kier molecular flexibility index (Phi) is 4.32. The maximum absolute atomic E-state index is 13.2. The van der Waals surface area contributed by atoms with Gasteiger partial charge in [-0.1, -0.05) is 0 Å². The molecule has 3 rings (SSSR count). The molecule has 2 N–H and O–H groups in total. The Morgan fingerprint density at radius 3 is 2.74 bits per heavy atom. The van der Waals surface area contributed by atoms with Gasteiger partial charge >= 0.3 is 0 Å². The number of rotatable bonds is 3. The lowest BCUT2D eigenvalue weighted by Crippen LogP contribution is -2.40. The number of amides is 2. The van der Waals surface area contributed by atoms with Gasteiger partial charge in [0.25, 0.3) is 5.91 Å². The number of H-pyrrole nitrogens is 1. The van der Waals surface area contributed by atoms with Gasteiger partial charge in [-0.3, -0.25) is 9.59 Å². The second-order valence-electron chi connectivity index (χ2n) is 6.07. The number of hydrogen-bond donors (Lipinski definition) is 2. The van der Waals surface area contributed by atoms with Crippen molar-refractivity contribution in [3.05, 3.63) is 35.8 Å². The first-order valence-electron chi connectivity index (χ1n) is 7.85. The predicted octanol–water partition coefficient (Wildman–Crippen LogP) is 2.30. The Morgan fingerprint density at radius 2 is 2.04 bits per heavy atom. The lowest BCUT2D eigenvalue weighted by molar-refractivity contribution is -0.130. The first-order valence-corrected chi connectivity index (χ1v) is 7.85. The van der Waals surface area contributed by atoms with Gasteiger partial charge < -0.3 is 15.2 Å². The van der Waals surface area contributed by atoms with E-state index < -0.39 is 0 Å².